The van der Waals surface area contributed by atoms with Crippen molar-refractivity contribution in [1.82, 2.24) is 0 Å². The van der Waals surface area contributed by atoms with Crippen LogP contribution in [0.4, 0.5) is 5.69 Å². The largest absolute Gasteiger partial charge is 0.507 e. The number of phenols is 1. The van der Waals surface area contributed by atoms with Gasteiger partial charge < -0.3 is 10.2 Å². The summed E-state index contributed by atoms with van der Waals surface area (Å²) in [6.45, 7) is 2.07. The van der Waals surface area contributed by atoms with E-state index >= 15 is 0 Å². The molecular weight excluding hydrogens is 414 g/mol. The molecule has 4 saturated carbocycles. The molecule has 2 N–H and O–H groups in total. The number of rotatable bonds is 3. The molecule has 6 rings (SSSR count). The molecule has 2 unspecified atom stereocenters. The molecule has 4 heteroatoms. The van der Waals surface area contributed by atoms with E-state index in [0.717, 1.165) is 35.0 Å². The SMILES string of the molecule is Cc1ccc(C23C[C@@H]4C[C@@H](CC(O)(C4)C2)C3)cc1N=Cc1cc(Br)ccc1O. The average molecular weight is 440 g/mol. The number of benzene rings is 2. The molecule has 28 heavy (non-hydrogen) atoms. The molecule has 4 fully saturated rings. The lowest BCUT2D eigenvalue weighted by molar-refractivity contribution is -0.136. The van der Waals surface area contributed by atoms with Crippen molar-refractivity contribution >= 4 is 27.8 Å². The molecule has 3 nitrogen and oxygen atoms in total. The Kier molecular flexibility index (Phi) is 4.22. The monoisotopic (exact) mass is 439 g/mol. The molecule has 2 aromatic rings. The summed E-state index contributed by atoms with van der Waals surface area (Å²) in [6.07, 6.45) is 8.30. The first-order valence-corrected chi connectivity index (χ1v) is 11.0. The van der Waals surface area contributed by atoms with Crippen LogP contribution in [0.15, 0.2) is 45.9 Å². The number of hydrogen-bond acceptors (Lipinski definition) is 3. The molecule has 0 aromatic heterocycles. The molecule has 4 bridgehead atoms. The van der Waals surface area contributed by atoms with Crippen LogP contribution in [0.1, 0.15) is 55.2 Å². The Hall–Kier alpha value is -1.65. The molecule has 4 atom stereocenters. The minimum absolute atomic E-state index is 0.106. The summed E-state index contributed by atoms with van der Waals surface area (Å²) in [5.41, 5.74) is 3.74. The van der Waals surface area contributed by atoms with Crippen LogP contribution in [-0.2, 0) is 5.41 Å². The van der Waals surface area contributed by atoms with Gasteiger partial charge in [0.15, 0.2) is 0 Å². The van der Waals surface area contributed by atoms with Crippen molar-refractivity contribution in [1.29, 1.82) is 0 Å². The van der Waals surface area contributed by atoms with Crippen molar-refractivity contribution in [3.05, 3.63) is 57.6 Å². The summed E-state index contributed by atoms with van der Waals surface area (Å²) in [7, 11) is 0. The van der Waals surface area contributed by atoms with Gasteiger partial charge in [-0.2, -0.15) is 0 Å². The summed E-state index contributed by atoms with van der Waals surface area (Å²) in [4.78, 5) is 4.72. The van der Waals surface area contributed by atoms with E-state index < -0.39 is 5.60 Å². The van der Waals surface area contributed by atoms with E-state index in [2.05, 4.69) is 41.1 Å². The first kappa shape index (κ1) is 18.4. The number of aliphatic imine (C=N–C) groups is 1. The zero-order chi connectivity index (χ0) is 19.5. The third kappa shape index (κ3) is 3.11. The molecule has 0 amide bonds. The highest BCUT2D eigenvalue weighted by atomic mass is 79.9. The molecule has 2 aromatic carbocycles. The lowest BCUT2D eigenvalue weighted by Crippen LogP contribution is -2.57. The van der Waals surface area contributed by atoms with Crippen LogP contribution in [-0.4, -0.2) is 22.0 Å². The maximum atomic E-state index is 11.1. The van der Waals surface area contributed by atoms with E-state index in [-0.39, 0.29) is 11.2 Å². The Bertz CT molecular complexity index is 953. The molecule has 146 valence electrons. The van der Waals surface area contributed by atoms with Gasteiger partial charge in [0.1, 0.15) is 5.75 Å². The highest BCUT2D eigenvalue weighted by molar-refractivity contribution is 9.10. The van der Waals surface area contributed by atoms with Crippen molar-refractivity contribution in [3.8, 4) is 5.75 Å². The van der Waals surface area contributed by atoms with Crippen LogP contribution in [0, 0.1) is 18.8 Å². The van der Waals surface area contributed by atoms with E-state index in [0.29, 0.717) is 17.4 Å². The second kappa shape index (κ2) is 6.43. The summed E-state index contributed by atoms with van der Waals surface area (Å²) >= 11 is 3.45. The van der Waals surface area contributed by atoms with Gasteiger partial charge in [0, 0.05) is 16.3 Å². The first-order chi connectivity index (χ1) is 13.3. The smallest absolute Gasteiger partial charge is 0.124 e. The summed E-state index contributed by atoms with van der Waals surface area (Å²) in [6, 6.07) is 12.0. The quantitative estimate of drug-likeness (QED) is 0.593. The van der Waals surface area contributed by atoms with Crippen molar-refractivity contribution in [3.63, 3.8) is 0 Å². The summed E-state index contributed by atoms with van der Waals surface area (Å²) in [5.74, 6) is 1.56. The van der Waals surface area contributed by atoms with Gasteiger partial charge in [0.05, 0.1) is 11.3 Å². The number of aryl methyl sites for hydroxylation is 1. The number of phenolic OH excluding ortho intramolecular Hbond substituents is 1. The predicted molar refractivity (Wildman–Crippen MR) is 116 cm³/mol. The third-order valence-electron chi connectivity index (χ3n) is 7.18. The van der Waals surface area contributed by atoms with E-state index in [4.69, 9.17) is 4.99 Å². The number of nitrogens with zero attached hydrogens (tertiary/aromatic N) is 1. The van der Waals surface area contributed by atoms with Gasteiger partial charge in [0.2, 0.25) is 0 Å². The second-order valence-corrected chi connectivity index (χ2v) is 10.3. The van der Waals surface area contributed by atoms with Crippen LogP contribution in [0.3, 0.4) is 0 Å². The molecule has 4 aliphatic rings. The third-order valence-corrected chi connectivity index (χ3v) is 7.68. The molecule has 0 radical (unpaired) electrons. The molecule has 4 aliphatic carbocycles. The van der Waals surface area contributed by atoms with Gasteiger partial charge in [-0.3, -0.25) is 4.99 Å². The van der Waals surface area contributed by atoms with Crippen molar-refractivity contribution < 1.29 is 10.2 Å². The molecule has 0 saturated heterocycles. The van der Waals surface area contributed by atoms with Crippen molar-refractivity contribution in [2.45, 2.75) is 56.5 Å². The molecule has 0 heterocycles. The maximum Gasteiger partial charge on any atom is 0.124 e. The van der Waals surface area contributed by atoms with Gasteiger partial charge in [-0.15, -0.1) is 0 Å². The van der Waals surface area contributed by atoms with E-state index in [1.54, 1.807) is 12.3 Å². The van der Waals surface area contributed by atoms with Gasteiger partial charge >= 0.3 is 0 Å². The van der Waals surface area contributed by atoms with Crippen molar-refractivity contribution in [2.24, 2.45) is 16.8 Å². The van der Waals surface area contributed by atoms with Gasteiger partial charge in [-0.25, -0.2) is 0 Å². The second-order valence-electron chi connectivity index (χ2n) is 9.43. The number of aromatic hydroxyl groups is 1. The van der Waals surface area contributed by atoms with Crippen LogP contribution >= 0.6 is 15.9 Å². The first-order valence-electron chi connectivity index (χ1n) is 10.2. The van der Waals surface area contributed by atoms with Crippen LogP contribution < -0.4 is 0 Å². The Labute approximate surface area is 174 Å². The number of aliphatic hydroxyl groups is 1. The van der Waals surface area contributed by atoms with Crippen LogP contribution in [0.5, 0.6) is 5.75 Å². The molecular formula is C24H26BrNO2. The van der Waals surface area contributed by atoms with Gasteiger partial charge in [-0.05, 0) is 98.1 Å². The zero-order valence-electron chi connectivity index (χ0n) is 16.2. The van der Waals surface area contributed by atoms with E-state index in [9.17, 15) is 10.2 Å². The summed E-state index contributed by atoms with van der Waals surface area (Å²) in [5, 5.41) is 21.2. The zero-order valence-corrected chi connectivity index (χ0v) is 17.7. The standard InChI is InChI=1S/C24H26BrNO2/c1-15-2-3-19(8-21(15)26-13-18-7-20(25)4-5-22(18)27)23-9-16-6-17(10-23)12-24(28,11-16)14-23/h2-5,7-8,13,16-17,27-28H,6,9-12,14H2,1H3/t16-,17+,23?,24?. The van der Waals surface area contributed by atoms with Gasteiger partial charge in [0.25, 0.3) is 0 Å². The number of halogens is 1. The normalized spacial score (nSPS) is 33.7. The fourth-order valence-electron chi connectivity index (χ4n) is 6.40. The van der Waals surface area contributed by atoms with Crippen LogP contribution in [0.2, 0.25) is 0 Å². The average Bonchev–Trinajstić information content (AvgIpc) is 2.61. The maximum absolute atomic E-state index is 11.1. The molecule has 0 aliphatic heterocycles. The molecule has 0 spiro atoms. The lowest BCUT2D eigenvalue weighted by Gasteiger charge is -2.60. The highest BCUT2D eigenvalue weighted by Gasteiger charge is 2.57. The Morgan fingerprint density at radius 1 is 1.07 bits per heavy atom. The number of hydrogen-bond donors (Lipinski definition) is 2. The fraction of sp³-hybridized carbons (Fsp3) is 0.458. The Morgan fingerprint density at radius 3 is 2.54 bits per heavy atom. The Balaban J connectivity index is 1.50. The van der Waals surface area contributed by atoms with Crippen molar-refractivity contribution in [2.75, 3.05) is 0 Å². The Morgan fingerprint density at radius 2 is 1.82 bits per heavy atom. The topological polar surface area (TPSA) is 52.8 Å². The minimum Gasteiger partial charge on any atom is -0.507 e. The lowest BCUT2D eigenvalue weighted by atomic mass is 9.46. The van der Waals surface area contributed by atoms with E-state index in [1.807, 2.05) is 12.1 Å². The van der Waals surface area contributed by atoms with E-state index in [1.165, 1.54) is 24.8 Å². The fourth-order valence-corrected chi connectivity index (χ4v) is 6.78. The highest BCUT2D eigenvalue weighted by Crippen LogP contribution is 2.62. The predicted octanol–water partition coefficient (Wildman–Crippen LogP) is 5.80. The minimum atomic E-state index is -0.458. The van der Waals surface area contributed by atoms with Gasteiger partial charge in [-0.1, -0.05) is 28.1 Å². The van der Waals surface area contributed by atoms with Crippen LogP contribution in [0.25, 0.3) is 0 Å². The summed E-state index contributed by atoms with van der Waals surface area (Å²) < 4.78 is 0.916.